The van der Waals surface area contributed by atoms with Gasteiger partial charge in [-0.2, -0.15) is 0 Å². The fourth-order valence-electron chi connectivity index (χ4n) is 4.46. The van der Waals surface area contributed by atoms with Crippen LogP contribution in [0, 0.1) is 17.6 Å². The molecule has 3 aromatic rings. The van der Waals surface area contributed by atoms with E-state index in [0.29, 0.717) is 6.07 Å². The van der Waals surface area contributed by atoms with Crippen molar-refractivity contribution in [3.8, 4) is 0 Å². The second kappa shape index (κ2) is 11.9. The molecule has 40 heavy (non-hydrogen) atoms. The Labute approximate surface area is 229 Å². The van der Waals surface area contributed by atoms with E-state index in [4.69, 9.17) is 0 Å². The van der Waals surface area contributed by atoms with Gasteiger partial charge < -0.3 is 21.1 Å². The maximum absolute atomic E-state index is 14.3. The zero-order valence-electron chi connectivity index (χ0n) is 21.8. The van der Waals surface area contributed by atoms with Gasteiger partial charge in [-0.25, -0.2) is 18.4 Å². The van der Waals surface area contributed by atoms with Gasteiger partial charge in [0.15, 0.2) is 0 Å². The van der Waals surface area contributed by atoms with Crippen LogP contribution < -0.4 is 20.9 Å². The topological polar surface area (TPSA) is 128 Å². The van der Waals surface area contributed by atoms with Gasteiger partial charge in [-0.1, -0.05) is 44.2 Å². The van der Waals surface area contributed by atoms with Crippen molar-refractivity contribution in [1.29, 1.82) is 0 Å². The summed E-state index contributed by atoms with van der Waals surface area (Å²) in [7, 11) is 0. The molecule has 2 atom stereocenters. The number of aliphatic carboxylic acids is 1. The van der Waals surface area contributed by atoms with Crippen LogP contribution >= 0.6 is 0 Å². The van der Waals surface area contributed by atoms with Crippen molar-refractivity contribution in [3.63, 3.8) is 0 Å². The van der Waals surface area contributed by atoms with Crippen LogP contribution in [0.15, 0.2) is 66.7 Å². The number of rotatable bonds is 8. The monoisotopic (exact) mass is 550 g/mol. The van der Waals surface area contributed by atoms with Crippen LogP contribution in [-0.2, 0) is 16.0 Å². The van der Waals surface area contributed by atoms with Gasteiger partial charge in [-0.15, -0.1) is 0 Å². The highest BCUT2D eigenvalue weighted by Gasteiger charge is 2.38. The Bertz CT molecular complexity index is 1450. The zero-order valence-corrected chi connectivity index (χ0v) is 21.8. The number of amides is 4. The molecule has 0 saturated heterocycles. The normalized spacial score (nSPS) is 15.2. The molecular weight excluding hydrogens is 522 g/mol. The molecule has 1 aliphatic heterocycles. The van der Waals surface area contributed by atoms with Crippen LogP contribution in [0.1, 0.15) is 36.2 Å². The second-order valence-corrected chi connectivity index (χ2v) is 9.84. The van der Waals surface area contributed by atoms with E-state index in [1.807, 2.05) is 13.8 Å². The number of nitrogens with one attached hydrogen (secondary N) is 3. The summed E-state index contributed by atoms with van der Waals surface area (Å²) in [4.78, 5) is 52.4. The number of carboxylic acids is 1. The Hall–Kier alpha value is -4.80. The molecule has 11 heteroatoms. The van der Waals surface area contributed by atoms with Crippen molar-refractivity contribution in [1.82, 2.24) is 5.32 Å². The van der Waals surface area contributed by atoms with Crippen LogP contribution in [0.3, 0.4) is 0 Å². The molecule has 9 nitrogen and oxygen atoms in total. The summed E-state index contributed by atoms with van der Waals surface area (Å²) < 4.78 is 27.6. The van der Waals surface area contributed by atoms with E-state index in [2.05, 4.69) is 16.0 Å². The van der Waals surface area contributed by atoms with Crippen LogP contribution in [0.25, 0.3) is 0 Å². The van der Waals surface area contributed by atoms with Gasteiger partial charge in [0, 0.05) is 18.1 Å². The first-order chi connectivity index (χ1) is 19.0. The molecule has 4 rings (SSSR count). The predicted octanol–water partition coefficient (Wildman–Crippen LogP) is 4.80. The number of benzene rings is 3. The number of urea groups is 1. The average molecular weight is 551 g/mol. The number of hydrogen-bond donors (Lipinski definition) is 4. The third-order valence-corrected chi connectivity index (χ3v) is 6.36. The van der Waals surface area contributed by atoms with Crippen molar-refractivity contribution in [2.75, 3.05) is 15.5 Å². The van der Waals surface area contributed by atoms with Gasteiger partial charge in [0.05, 0.1) is 17.1 Å². The third-order valence-electron chi connectivity index (χ3n) is 6.36. The smallest absolute Gasteiger partial charge is 0.327 e. The van der Waals surface area contributed by atoms with E-state index in [-0.39, 0.29) is 41.4 Å². The minimum absolute atomic E-state index is 0.0118. The van der Waals surface area contributed by atoms with Gasteiger partial charge in [0.25, 0.3) is 5.91 Å². The molecule has 0 aliphatic carbocycles. The van der Waals surface area contributed by atoms with Gasteiger partial charge in [0.1, 0.15) is 23.7 Å². The highest BCUT2D eigenvalue weighted by Crippen LogP contribution is 2.35. The maximum atomic E-state index is 14.3. The van der Waals surface area contributed by atoms with Gasteiger partial charge in [0.2, 0.25) is 5.91 Å². The Balaban J connectivity index is 1.62. The van der Waals surface area contributed by atoms with Crippen LogP contribution in [0.5, 0.6) is 0 Å². The fourth-order valence-corrected chi connectivity index (χ4v) is 4.46. The van der Waals surface area contributed by atoms with Gasteiger partial charge >= 0.3 is 12.0 Å². The SMILES string of the molecule is CC(C)CC1C(=O)Nc2cc(C(=O)NC(Cc3ccccc3)C(=O)O)ccc2N1C(=O)Nc1ccc(F)cc1F. The first-order valence-electron chi connectivity index (χ1n) is 12.6. The molecule has 0 aromatic heterocycles. The molecule has 0 fully saturated rings. The van der Waals surface area contributed by atoms with Crippen molar-refractivity contribution >= 4 is 40.9 Å². The number of anilines is 3. The van der Waals surface area contributed by atoms with E-state index >= 15 is 0 Å². The molecule has 0 saturated carbocycles. The summed E-state index contributed by atoms with van der Waals surface area (Å²) in [6, 6.07) is 12.7. The lowest BCUT2D eigenvalue weighted by atomic mass is 9.97. The molecule has 2 unspecified atom stereocenters. The molecule has 4 N–H and O–H groups in total. The highest BCUT2D eigenvalue weighted by atomic mass is 19.1. The molecule has 0 spiro atoms. The van der Waals surface area contributed by atoms with Crippen molar-refractivity contribution in [2.24, 2.45) is 5.92 Å². The molecule has 1 heterocycles. The molecule has 208 valence electrons. The average Bonchev–Trinajstić information content (AvgIpc) is 2.90. The lowest BCUT2D eigenvalue weighted by Crippen LogP contribution is -2.53. The van der Waals surface area contributed by atoms with Crippen LogP contribution in [0.4, 0.5) is 30.6 Å². The minimum atomic E-state index is -1.21. The number of carbonyl (C=O) groups is 4. The Morgan fingerprint density at radius 1 is 1.02 bits per heavy atom. The molecule has 0 bridgehead atoms. The van der Waals surface area contributed by atoms with Crippen LogP contribution in [-0.4, -0.2) is 41.0 Å². The molecule has 0 radical (unpaired) electrons. The number of nitrogens with zero attached hydrogens (tertiary/aromatic N) is 1. The van der Waals surface area contributed by atoms with E-state index in [0.717, 1.165) is 17.7 Å². The van der Waals surface area contributed by atoms with Crippen molar-refractivity contribution < 1.29 is 33.1 Å². The zero-order chi connectivity index (χ0) is 29.0. The number of carbonyl (C=O) groups excluding carboxylic acids is 3. The Kier molecular flexibility index (Phi) is 8.42. The van der Waals surface area contributed by atoms with E-state index in [9.17, 15) is 33.1 Å². The van der Waals surface area contributed by atoms with E-state index < -0.39 is 47.5 Å². The second-order valence-electron chi connectivity index (χ2n) is 9.84. The minimum Gasteiger partial charge on any atom is -0.480 e. The van der Waals surface area contributed by atoms with E-state index in [1.165, 1.54) is 23.1 Å². The Morgan fingerprint density at radius 2 is 1.75 bits per heavy atom. The van der Waals surface area contributed by atoms with Gasteiger partial charge in [-0.3, -0.25) is 14.5 Å². The lowest BCUT2D eigenvalue weighted by molar-refractivity contribution is -0.139. The first-order valence-corrected chi connectivity index (χ1v) is 12.6. The van der Waals surface area contributed by atoms with Gasteiger partial charge in [-0.05, 0) is 48.2 Å². The number of halogens is 2. The quantitative estimate of drug-likeness (QED) is 0.321. The summed E-state index contributed by atoms with van der Waals surface area (Å²) >= 11 is 0. The predicted molar refractivity (Wildman–Crippen MR) is 145 cm³/mol. The summed E-state index contributed by atoms with van der Waals surface area (Å²) in [6.45, 7) is 3.75. The standard InChI is InChI=1S/C29H28F2N4O5/c1-16(2)12-25-27(37)32-22-14-18(26(36)33-23(28(38)39)13-17-6-4-3-5-7-17)8-11-24(22)35(25)29(40)34-21-10-9-19(30)15-20(21)31/h3-11,14-16,23,25H,12-13H2,1-2H3,(H,32,37)(H,33,36)(H,34,40)(H,38,39). The number of fused-ring (bicyclic) bond motifs is 1. The number of carboxylic acid groups (broad SMARTS) is 1. The number of hydrogen-bond acceptors (Lipinski definition) is 4. The largest absolute Gasteiger partial charge is 0.480 e. The first kappa shape index (κ1) is 28.2. The van der Waals surface area contributed by atoms with E-state index in [1.54, 1.807) is 30.3 Å². The highest BCUT2D eigenvalue weighted by molar-refractivity contribution is 6.15. The van der Waals surface area contributed by atoms with Crippen molar-refractivity contribution in [2.45, 2.75) is 38.8 Å². The summed E-state index contributed by atoms with van der Waals surface area (Å²) in [5.41, 5.74) is 0.911. The maximum Gasteiger partial charge on any atom is 0.327 e. The molecule has 4 amide bonds. The fraction of sp³-hybridized carbons (Fsp3) is 0.241. The molecule has 3 aromatic carbocycles. The summed E-state index contributed by atoms with van der Waals surface area (Å²) in [5, 5.41) is 17.2. The summed E-state index contributed by atoms with van der Waals surface area (Å²) in [6.07, 6.45) is 0.348. The third kappa shape index (κ3) is 6.42. The Morgan fingerprint density at radius 3 is 2.40 bits per heavy atom. The summed E-state index contributed by atoms with van der Waals surface area (Å²) in [5.74, 6) is -4.19. The molecule has 1 aliphatic rings. The van der Waals surface area contributed by atoms with Crippen LogP contribution in [0.2, 0.25) is 0 Å². The lowest BCUT2D eigenvalue weighted by Gasteiger charge is -2.37. The van der Waals surface area contributed by atoms with Crippen molar-refractivity contribution in [3.05, 3.63) is 89.5 Å². The molecular formula is C29H28F2N4O5.